The van der Waals surface area contributed by atoms with Crippen LogP contribution in [0.25, 0.3) is 0 Å². The highest BCUT2D eigenvalue weighted by molar-refractivity contribution is 6.07. The predicted octanol–water partition coefficient (Wildman–Crippen LogP) is 4.21. The summed E-state index contributed by atoms with van der Waals surface area (Å²) in [6.07, 6.45) is -12.5. The van der Waals surface area contributed by atoms with Gasteiger partial charge in [0.05, 0.1) is 6.54 Å². The van der Waals surface area contributed by atoms with Crippen LogP contribution >= 0.6 is 0 Å². The van der Waals surface area contributed by atoms with E-state index >= 15 is 0 Å². The fourth-order valence-electron chi connectivity index (χ4n) is 3.58. The summed E-state index contributed by atoms with van der Waals surface area (Å²) < 4.78 is 119. The van der Waals surface area contributed by atoms with Gasteiger partial charge in [0.1, 0.15) is 17.4 Å². The highest BCUT2D eigenvalue weighted by Crippen LogP contribution is 2.39. The molecular weight excluding hydrogens is 525 g/mol. The Labute approximate surface area is 202 Å². The van der Waals surface area contributed by atoms with Gasteiger partial charge in [-0.25, -0.2) is 0 Å². The zero-order chi connectivity index (χ0) is 27.2. The van der Waals surface area contributed by atoms with Crippen molar-refractivity contribution in [2.45, 2.75) is 43.0 Å². The zero-order valence-electron chi connectivity index (χ0n) is 18.3. The first kappa shape index (κ1) is 26.6. The van der Waals surface area contributed by atoms with E-state index in [4.69, 9.17) is 0 Å². The average molecular weight is 541 g/mol. The number of aliphatic imine (C=N–C) groups is 1. The molecule has 2 unspecified atom stereocenters. The van der Waals surface area contributed by atoms with Crippen molar-refractivity contribution in [3.05, 3.63) is 42.0 Å². The van der Waals surface area contributed by atoms with Crippen LogP contribution in [-0.4, -0.2) is 67.8 Å². The number of rotatable bonds is 4. The molecule has 2 aliphatic rings. The van der Waals surface area contributed by atoms with Crippen molar-refractivity contribution in [3.63, 3.8) is 0 Å². The van der Waals surface area contributed by atoms with E-state index in [9.17, 15) is 44.6 Å². The van der Waals surface area contributed by atoms with Gasteiger partial charge in [0.2, 0.25) is 11.9 Å². The van der Waals surface area contributed by atoms with Crippen molar-refractivity contribution in [1.82, 2.24) is 19.9 Å². The molecule has 0 aromatic carbocycles. The molecule has 17 heteroatoms. The minimum Gasteiger partial charge on any atom is -0.379 e. The molecule has 0 saturated carbocycles. The number of dihydropyridines is 1. The van der Waals surface area contributed by atoms with Crippen LogP contribution in [0.15, 0.2) is 35.5 Å². The van der Waals surface area contributed by atoms with E-state index < -0.39 is 73.0 Å². The third-order valence-electron chi connectivity index (χ3n) is 5.53. The first-order valence-corrected chi connectivity index (χ1v) is 10.5. The number of alkyl halides is 9. The molecule has 1 saturated heterocycles. The molecule has 4 heterocycles. The zero-order valence-corrected chi connectivity index (χ0v) is 18.3. The molecule has 2 aliphatic heterocycles. The number of aromatic nitrogens is 4. The Hall–Kier alpha value is -3.50. The standard InChI is InChI=1S/C20H16F9N7O/c21-18(22,23)12-3-1-2-11(32-12)14-33-15(31-10-4-6-30-13(8-10)19(24,25)26)35-16(34-14)36-7-5-17(37,9-36)20(27,28)29/h1-2,4,6,8,12,37H,3,5,7,9H2,(H,30,31,33,34,35). The van der Waals surface area contributed by atoms with Gasteiger partial charge < -0.3 is 15.3 Å². The van der Waals surface area contributed by atoms with Crippen LogP contribution in [0.5, 0.6) is 0 Å². The van der Waals surface area contributed by atoms with Gasteiger partial charge in [0, 0.05) is 24.8 Å². The second-order valence-corrected chi connectivity index (χ2v) is 8.25. The minimum absolute atomic E-state index is 0.215. The topological polar surface area (TPSA) is 99.4 Å². The third-order valence-corrected chi connectivity index (χ3v) is 5.53. The molecule has 0 amide bonds. The quantitative estimate of drug-likeness (QED) is 0.560. The summed E-state index contributed by atoms with van der Waals surface area (Å²) in [6, 6.07) is -0.395. The number of anilines is 3. The molecular formula is C20H16F9N7O. The molecule has 200 valence electrons. The fraction of sp³-hybridized carbons (Fsp3) is 0.450. The largest absolute Gasteiger partial charge is 0.433 e. The Bertz CT molecular complexity index is 1230. The molecule has 2 atom stereocenters. The van der Waals surface area contributed by atoms with Crippen molar-refractivity contribution in [1.29, 1.82) is 0 Å². The maximum absolute atomic E-state index is 13.3. The predicted molar refractivity (Wildman–Crippen MR) is 110 cm³/mol. The average Bonchev–Trinajstić information content (AvgIpc) is 3.22. The van der Waals surface area contributed by atoms with Gasteiger partial charge in [-0.2, -0.15) is 54.5 Å². The van der Waals surface area contributed by atoms with Gasteiger partial charge in [-0.05, 0) is 24.6 Å². The number of halogens is 9. The monoisotopic (exact) mass is 541 g/mol. The van der Waals surface area contributed by atoms with Crippen molar-refractivity contribution < 1.29 is 44.6 Å². The van der Waals surface area contributed by atoms with Crippen molar-refractivity contribution in [2.24, 2.45) is 4.99 Å². The summed E-state index contributed by atoms with van der Waals surface area (Å²) in [5, 5.41) is 12.4. The van der Waals surface area contributed by atoms with Crippen LogP contribution < -0.4 is 10.2 Å². The summed E-state index contributed by atoms with van der Waals surface area (Å²) in [7, 11) is 0. The van der Waals surface area contributed by atoms with E-state index in [2.05, 4.69) is 30.2 Å². The summed E-state index contributed by atoms with van der Waals surface area (Å²) >= 11 is 0. The number of nitrogens with one attached hydrogen (secondary N) is 1. The highest BCUT2D eigenvalue weighted by Gasteiger charge is 2.57. The first-order valence-electron chi connectivity index (χ1n) is 10.5. The maximum atomic E-state index is 13.3. The molecule has 2 aromatic rings. The Morgan fingerprint density at radius 2 is 1.76 bits per heavy atom. The fourth-order valence-corrected chi connectivity index (χ4v) is 3.58. The number of hydrogen-bond donors (Lipinski definition) is 2. The Morgan fingerprint density at radius 1 is 1.03 bits per heavy atom. The van der Waals surface area contributed by atoms with Crippen molar-refractivity contribution >= 4 is 23.3 Å². The van der Waals surface area contributed by atoms with Crippen LogP contribution in [-0.2, 0) is 6.18 Å². The van der Waals surface area contributed by atoms with Gasteiger partial charge in [0.25, 0.3) is 0 Å². The van der Waals surface area contributed by atoms with Crippen molar-refractivity contribution in [3.8, 4) is 0 Å². The Balaban J connectivity index is 1.74. The van der Waals surface area contributed by atoms with E-state index in [0.29, 0.717) is 6.07 Å². The number of aliphatic hydroxyl groups is 1. The highest BCUT2D eigenvalue weighted by atomic mass is 19.4. The van der Waals surface area contributed by atoms with Crippen LogP contribution in [0.2, 0.25) is 0 Å². The lowest BCUT2D eigenvalue weighted by Crippen LogP contribution is -2.47. The summed E-state index contributed by atoms with van der Waals surface area (Å²) in [5.41, 5.74) is -4.94. The minimum atomic E-state index is -4.99. The van der Waals surface area contributed by atoms with Crippen LogP contribution in [0.1, 0.15) is 24.4 Å². The number of hydrogen-bond acceptors (Lipinski definition) is 8. The van der Waals surface area contributed by atoms with Crippen LogP contribution in [0, 0.1) is 0 Å². The number of allylic oxidation sites excluding steroid dienone is 1. The van der Waals surface area contributed by atoms with Crippen LogP contribution in [0.3, 0.4) is 0 Å². The van der Waals surface area contributed by atoms with E-state index in [1.54, 1.807) is 0 Å². The second-order valence-electron chi connectivity index (χ2n) is 8.25. The summed E-state index contributed by atoms with van der Waals surface area (Å²) in [6.45, 7) is -1.36. The van der Waals surface area contributed by atoms with Gasteiger partial charge >= 0.3 is 18.5 Å². The van der Waals surface area contributed by atoms with Crippen LogP contribution in [0.4, 0.5) is 57.1 Å². The number of β-amino-alcohol motifs (C(OH)–C–C–N with tert-alkyl or cyclic N) is 1. The normalized spacial score (nSPS) is 22.8. The Kier molecular flexibility index (Phi) is 6.54. The molecule has 8 nitrogen and oxygen atoms in total. The first-order chi connectivity index (χ1) is 17.0. The van der Waals surface area contributed by atoms with E-state index in [0.717, 1.165) is 23.2 Å². The van der Waals surface area contributed by atoms with Gasteiger partial charge in [0.15, 0.2) is 11.4 Å². The van der Waals surface area contributed by atoms with E-state index in [-0.39, 0.29) is 17.9 Å². The Morgan fingerprint density at radius 3 is 2.38 bits per heavy atom. The second kappa shape index (κ2) is 9.11. The molecule has 0 aliphatic carbocycles. The lowest BCUT2D eigenvalue weighted by Gasteiger charge is -2.26. The van der Waals surface area contributed by atoms with Gasteiger partial charge in [-0.1, -0.05) is 6.08 Å². The smallest absolute Gasteiger partial charge is 0.379 e. The third kappa shape index (κ3) is 5.75. The molecule has 2 N–H and O–H groups in total. The lowest BCUT2D eigenvalue weighted by molar-refractivity contribution is -0.250. The molecule has 0 bridgehead atoms. The van der Waals surface area contributed by atoms with Crippen molar-refractivity contribution in [2.75, 3.05) is 23.3 Å². The van der Waals surface area contributed by atoms with E-state index in [1.165, 1.54) is 6.08 Å². The van der Waals surface area contributed by atoms with Gasteiger partial charge in [-0.15, -0.1) is 0 Å². The number of nitrogens with zero attached hydrogens (tertiary/aromatic N) is 6. The SMILES string of the molecule is OC1(C(F)(F)F)CCN(c2nc(Nc3ccnc(C(F)(F)F)c3)nc(C3=NC(C(F)(F)F)CC=C3)n2)C1. The maximum Gasteiger partial charge on any atom is 0.433 e. The molecule has 1 fully saturated rings. The molecule has 0 spiro atoms. The summed E-state index contributed by atoms with van der Waals surface area (Å²) in [4.78, 5) is 19.5. The molecule has 4 rings (SSSR count). The molecule has 37 heavy (non-hydrogen) atoms. The lowest BCUT2D eigenvalue weighted by atomic mass is 10.0. The number of pyridine rings is 1. The summed E-state index contributed by atoms with van der Waals surface area (Å²) in [5.74, 6) is -1.40. The molecule has 0 radical (unpaired) electrons. The molecule has 2 aromatic heterocycles. The van der Waals surface area contributed by atoms with Gasteiger partial charge in [-0.3, -0.25) is 9.98 Å². The van der Waals surface area contributed by atoms with E-state index in [1.807, 2.05) is 0 Å².